The minimum absolute atomic E-state index is 0.0598. The molecule has 0 heterocycles. The van der Waals surface area contributed by atoms with Gasteiger partial charge in [-0.05, 0) is 12.1 Å². The van der Waals surface area contributed by atoms with Gasteiger partial charge in [-0.1, -0.05) is 0 Å². The lowest BCUT2D eigenvalue weighted by Crippen LogP contribution is -2.35. The molecule has 21 heavy (non-hydrogen) atoms. The Morgan fingerprint density at radius 3 is 2.52 bits per heavy atom. The zero-order valence-corrected chi connectivity index (χ0v) is 10.7. The average molecular weight is 309 g/mol. The summed E-state index contributed by atoms with van der Waals surface area (Å²) in [6.45, 7) is -1.47. The third kappa shape index (κ3) is 4.04. The maximum Gasteiger partial charge on any atom is 0.324 e. The summed E-state index contributed by atoms with van der Waals surface area (Å²) < 4.78 is 49.6. The van der Waals surface area contributed by atoms with E-state index in [1.165, 1.54) is 7.05 Å². The summed E-state index contributed by atoms with van der Waals surface area (Å²) in [4.78, 5) is 21.3. The molecule has 0 spiro atoms. The van der Waals surface area contributed by atoms with Crippen molar-refractivity contribution in [3.8, 4) is 0 Å². The molecule has 1 aromatic carbocycles. The lowest BCUT2D eigenvalue weighted by atomic mass is 10.1. The molecule has 2 N–H and O–H groups in total. The molecule has 0 saturated heterocycles. The second-order valence-corrected chi connectivity index (χ2v) is 3.98. The number of alkyl halides is 4. The third-order valence-electron chi connectivity index (χ3n) is 2.52. The number of halogens is 4. The number of anilines is 1. The van der Waals surface area contributed by atoms with Crippen molar-refractivity contribution in [1.29, 1.82) is 0 Å². The van der Waals surface area contributed by atoms with E-state index in [1.54, 1.807) is 0 Å². The molecule has 0 unspecified atom stereocenters. The van der Waals surface area contributed by atoms with Gasteiger partial charge in [0.15, 0.2) is 0 Å². The minimum Gasteiger partial charge on any atom is -0.373 e. The van der Waals surface area contributed by atoms with Crippen LogP contribution in [-0.2, 0) is 0 Å². The molecule has 0 atom stereocenters. The number of hydrogen-bond acceptors (Lipinski definition) is 4. The zero-order chi connectivity index (χ0) is 16.2. The van der Waals surface area contributed by atoms with E-state index in [4.69, 9.17) is 0 Å². The normalized spacial score (nSPS) is 11.3. The fourth-order valence-electron chi connectivity index (χ4n) is 1.41. The molecule has 10 heteroatoms. The van der Waals surface area contributed by atoms with Crippen LogP contribution in [0.5, 0.6) is 0 Å². The van der Waals surface area contributed by atoms with Gasteiger partial charge in [0.2, 0.25) is 0 Å². The van der Waals surface area contributed by atoms with Crippen LogP contribution in [0.25, 0.3) is 0 Å². The molecular weight excluding hydrogens is 298 g/mol. The summed E-state index contributed by atoms with van der Waals surface area (Å²) >= 11 is 0. The van der Waals surface area contributed by atoms with Crippen LogP contribution in [0.1, 0.15) is 10.4 Å². The zero-order valence-electron chi connectivity index (χ0n) is 10.7. The largest absolute Gasteiger partial charge is 0.373 e. The maximum atomic E-state index is 12.8. The van der Waals surface area contributed by atoms with E-state index >= 15 is 0 Å². The molecule has 1 rings (SSSR count). The number of nitrogens with one attached hydrogen (secondary N) is 2. The van der Waals surface area contributed by atoms with Gasteiger partial charge < -0.3 is 10.6 Å². The fraction of sp³-hybridized carbons (Fsp3) is 0.364. The summed E-state index contributed by atoms with van der Waals surface area (Å²) in [7, 11) is 1.31. The number of amides is 1. The van der Waals surface area contributed by atoms with Crippen molar-refractivity contribution in [2.75, 3.05) is 18.9 Å². The Balaban J connectivity index is 3.03. The minimum atomic E-state index is -4.33. The van der Waals surface area contributed by atoms with E-state index < -0.39 is 35.4 Å². The van der Waals surface area contributed by atoms with Gasteiger partial charge in [0.25, 0.3) is 11.6 Å². The van der Waals surface area contributed by atoms with Crippen LogP contribution in [-0.4, -0.2) is 36.8 Å². The monoisotopic (exact) mass is 309 g/mol. The smallest absolute Gasteiger partial charge is 0.324 e. The predicted octanol–water partition coefficient (Wildman–Crippen LogP) is 2.27. The van der Waals surface area contributed by atoms with Crippen molar-refractivity contribution in [2.24, 2.45) is 0 Å². The molecule has 0 aliphatic carbocycles. The molecule has 0 aromatic heterocycles. The molecule has 116 valence electrons. The number of hydrogen-bond donors (Lipinski definition) is 2. The van der Waals surface area contributed by atoms with Gasteiger partial charge in [-0.2, -0.15) is 8.78 Å². The van der Waals surface area contributed by atoms with Gasteiger partial charge in [-0.15, -0.1) is 0 Å². The van der Waals surface area contributed by atoms with Crippen LogP contribution in [0.4, 0.5) is 28.9 Å². The highest BCUT2D eigenvalue weighted by Gasteiger charge is 2.40. The number of nitro benzene ring substituents is 1. The molecular formula is C11H11F4N3O3. The van der Waals surface area contributed by atoms with E-state index in [0.29, 0.717) is 0 Å². The Morgan fingerprint density at radius 2 is 2.05 bits per heavy atom. The van der Waals surface area contributed by atoms with Crippen molar-refractivity contribution < 1.29 is 27.3 Å². The Bertz CT molecular complexity index is 552. The first kappa shape index (κ1) is 16.7. The second kappa shape index (κ2) is 6.37. The first-order chi connectivity index (χ1) is 9.69. The number of rotatable bonds is 6. The topological polar surface area (TPSA) is 84.3 Å². The number of nitro groups is 1. The molecule has 0 fully saturated rings. The standard InChI is InChI=1S/C11H11F4N3O3/c1-16-9(19)6-2-3-7(8(4-6)18(20)21)17-5-11(14,15)10(12)13/h2-4,10,17H,5H2,1H3,(H,16,19). The molecule has 6 nitrogen and oxygen atoms in total. The van der Waals surface area contributed by atoms with Crippen molar-refractivity contribution in [3.05, 3.63) is 33.9 Å². The Morgan fingerprint density at radius 1 is 1.43 bits per heavy atom. The van der Waals surface area contributed by atoms with Crippen LogP contribution in [0.2, 0.25) is 0 Å². The van der Waals surface area contributed by atoms with E-state index in [0.717, 1.165) is 18.2 Å². The number of carbonyl (C=O) groups is 1. The lowest BCUT2D eigenvalue weighted by Gasteiger charge is -2.16. The van der Waals surface area contributed by atoms with E-state index in [1.807, 2.05) is 5.32 Å². The van der Waals surface area contributed by atoms with Gasteiger partial charge in [-0.3, -0.25) is 14.9 Å². The Kier molecular flexibility index (Phi) is 5.06. The highest BCUT2D eigenvalue weighted by molar-refractivity contribution is 5.95. The predicted molar refractivity (Wildman–Crippen MR) is 65.9 cm³/mol. The van der Waals surface area contributed by atoms with Crippen molar-refractivity contribution in [3.63, 3.8) is 0 Å². The average Bonchev–Trinajstić information content (AvgIpc) is 2.43. The molecule has 0 aliphatic rings. The van der Waals surface area contributed by atoms with Crippen molar-refractivity contribution >= 4 is 17.3 Å². The summed E-state index contributed by atoms with van der Waals surface area (Å²) in [5, 5.41) is 15.0. The van der Waals surface area contributed by atoms with Gasteiger partial charge in [0, 0.05) is 18.7 Å². The van der Waals surface area contributed by atoms with Crippen molar-refractivity contribution in [1.82, 2.24) is 5.32 Å². The Hall–Kier alpha value is -2.39. The Labute approximate surface area is 116 Å². The summed E-state index contributed by atoms with van der Waals surface area (Å²) in [5.74, 6) is -4.93. The summed E-state index contributed by atoms with van der Waals surface area (Å²) in [5.41, 5.74) is -1.11. The highest BCUT2D eigenvalue weighted by atomic mass is 19.3. The third-order valence-corrected chi connectivity index (χ3v) is 2.52. The first-order valence-corrected chi connectivity index (χ1v) is 5.59. The first-order valence-electron chi connectivity index (χ1n) is 5.59. The van der Waals surface area contributed by atoms with Crippen LogP contribution in [0, 0.1) is 10.1 Å². The van der Waals surface area contributed by atoms with Crippen LogP contribution in [0.15, 0.2) is 18.2 Å². The summed E-state index contributed by atoms with van der Waals surface area (Å²) in [6, 6.07) is 3.01. The lowest BCUT2D eigenvalue weighted by molar-refractivity contribution is -0.384. The maximum absolute atomic E-state index is 12.8. The molecule has 0 aliphatic heterocycles. The van der Waals surface area contributed by atoms with E-state index in [-0.39, 0.29) is 11.3 Å². The number of nitrogens with zero attached hydrogens (tertiary/aromatic N) is 1. The highest BCUT2D eigenvalue weighted by Crippen LogP contribution is 2.28. The van der Waals surface area contributed by atoms with Crippen LogP contribution in [0.3, 0.4) is 0 Å². The van der Waals surface area contributed by atoms with Crippen LogP contribution >= 0.6 is 0 Å². The quantitative estimate of drug-likeness (QED) is 0.479. The van der Waals surface area contributed by atoms with E-state index in [9.17, 15) is 32.5 Å². The fourth-order valence-corrected chi connectivity index (χ4v) is 1.41. The van der Waals surface area contributed by atoms with E-state index in [2.05, 4.69) is 5.32 Å². The molecule has 0 bridgehead atoms. The molecule has 1 amide bonds. The van der Waals surface area contributed by atoms with Gasteiger partial charge in [0.05, 0.1) is 11.5 Å². The van der Waals surface area contributed by atoms with Crippen LogP contribution < -0.4 is 10.6 Å². The number of benzene rings is 1. The SMILES string of the molecule is CNC(=O)c1ccc(NCC(F)(F)C(F)F)c([N+](=O)[O-])c1. The molecule has 0 radical (unpaired) electrons. The number of carbonyl (C=O) groups excluding carboxylic acids is 1. The van der Waals surface area contributed by atoms with Gasteiger partial charge in [-0.25, -0.2) is 8.78 Å². The summed E-state index contributed by atoms with van der Waals surface area (Å²) in [6.07, 6.45) is -3.89. The molecule has 0 saturated carbocycles. The second-order valence-electron chi connectivity index (χ2n) is 3.98. The van der Waals surface area contributed by atoms with Crippen molar-refractivity contribution in [2.45, 2.75) is 12.3 Å². The van der Waals surface area contributed by atoms with Gasteiger partial charge in [0.1, 0.15) is 5.69 Å². The molecule has 1 aromatic rings. The van der Waals surface area contributed by atoms with Gasteiger partial charge >= 0.3 is 12.3 Å².